The van der Waals surface area contributed by atoms with E-state index in [1.807, 2.05) is 0 Å². The van der Waals surface area contributed by atoms with Crippen LogP contribution in [-0.4, -0.2) is 9.97 Å². The first kappa shape index (κ1) is 11.3. The molecule has 1 N–H and O–H groups in total. The van der Waals surface area contributed by atoms with Crippen molar-refractivity contribution in [3.63, 3.8) is 0 Å². The predicted molar refractivity (Wildman–Crippen MR) is 70.2 cm³/mol. The van der Waals surface area contributed by atoms with Crippen molar-refractivity contribution in [2.24, 2.45) is 0 Å². The van der Waals surface area contributed by atoms with Crippen molar-refractivity contribution in [2.45, 2.75) is 76.0 Å². The van der Waals surface area contributed by atoms with Crippen molar-refractivity contribution in [3.05, 3.63) is 17.7 Å². The van der Waals surface area contributed by atoms with Gasteiger partial charge in [-0.25, -0.2) is 4.98 Å². The molecule has 0 unspecified atom stereocenters. The molecule has 3 rings (SSSR count). The lowest BCUT2D eigenvalue weighted by Gasteiger charge is -2.21. The van der Waals surface area contributed by atoms with Crippen molar-refractivity contribution in [1.82, 2.24) is 9.97 Å². The first-order chi connectivity index (χ1) is 8.43. The number of imidazole rings is 1. The highest BCUT2D eigenvalue weighted by Crippen LogP contribution is 2.34. The molecule has 0 saturated heterocycles. The molecule has 1 aromatic heterocycles. The molecule has 2 saturated carbocycles. The summed E-state index contributed by atoms with van der Waals surface area (Å²) in [6.07, 6.45) is 16.0. The number of aromatic amines is 1. The van der Waals surface area contributed by atoms with Crippen molar-refractivity contribution in [2.75, 3.05) is 0 Å². The minimum absolute atomic E-state index is 0.723. The Hall–Kier alpha value is -0.790. The molecule has 17 heavy (non-hydrogen) atoms. The van der Waals surface area contributed by atoms with E-state index in [-0.39, 0.29) is 0 Å². The molecule has 2 aliphatic carbocycles. The summed E-state index contributed by atoms with van der Waals surface area (Å²) in [5.74, 6) is 2.78. The Labute approximate surface area is 104 Å². The average molecular weight is 232 g/mol. The summed E-state index contributed by atoms with van der Waals surface area (Å²) in [5.41, 5.74) is 1.42. The zero-order chi connectivity index (χ0) is 11.5. The van der Waals surface area contributed by atoms with Gasteiger partial charge in [-0.15, -0.1) is 0 Å². The van der Waals surface area contributed by atoms with E-state index in [2.05, 4.69) is 16.2 Å². The molecule has 2 nitrogen and oxygen atoms in total. The lowest BCUT2D eigenvalue weighted by Crippen LogP contribution is -2.08. The van der Waals surface area contributed by atoms with Gasteiger partial charge >= 0.3 is 0 Å². The molecule has 2 aliphatic rings. The van der Waals surface area contributed by atoms with E-state index in [9.17, 15) is 0 Å². The Morgan fingerprint density at radius 3 is 2.06 bits per heavy atom. The maximum Gasteiger partial charge on any atom is 0.109 e. The molecule has 0 spiro atoms. The quantitative estimate of drug-likeness (QED) is 0.798. The van der Waals surface area contributed by atoms with Crippen molar-refractivity contribution in [1.29, 1.82) is 0 Å². The molecule has 0 bridgehead atoms. The van der Waals surface area contributed by atoms with Gasteiger partial charge in [-0.05, 0) is 25.7 Å². The first-order valence-corrected chi connectivity index (χ1v) is 7.48. The normalized spacial score (nSPS) is 24.0. The van der Waals surface area contributed by atoms with Gasteiger partial charge in [0.1, 0.15) is 5.82 Å². The Morgan fingerprint density at radius 2 is 1.41 bits per heavy atom. The fraction of sp³-hybridized carbons (Fsp3) is 0.800. The number of H-pyrrole nitrogens is 1. The third kappa shape index (κ3) is 2.56. The fourth-order valence-electron chi connectivity index (χ4n) is 3.56. The molecule has 0 radical (unpaired) electrons. The summed E-state index contributed by atoms with van der Waals surface area (Å²) >= 11 is 0. The van der Waals surface area contributed by atoms with E-state index < -0.39 is 0 Å². The Morgan fingerprint density at radius 1 is 0.824 bits per heavy atom. The topological polar surface area (TPSA) is 28.7 Å². The van der Waals surface area contributed by atoms with Gasteiger partial charge in [0.2, 0.25) is 0 Å². The van der Waals surface area contributed by atoms with Crippen LogP contribution in [-0.2, 0) is 0 Å². The maximum atomic E-state index is 4.66. The van der Waals surface area contributed by atoms with Crippen LogP contribution in [0.25, 0.3) is 0 Å². The number of rotatable bonds is 2. The zero-order valence-corrected chi connectivity index (χ0v) is 10.8. The van der Waals surface area contributed by atoms with Crippen molar-refractivity contribution < 1.29 is 0 Å². The van der Waals surface area contributed by atoms with Crippen LogP contribution < -0.4 is 0 Å². The summed E-state index contributed by atoms with van der Waals surface area (Å²) < 4.78 is 0. The Balaban J connectivity index is 1.68. The number of hydrogen-bond donors (Lipinski definition) is 1. The second-order valence-corrected chi connectivity index (χ2v) is 5.89. The van der Waals surface area contributed by atoms with Gasteiger partial charge in [-0.1, -0.05) is 38.5 Å². The highest BCUT2D eigenvalue weighted by molar-refractivity contribution is 5.11. The van der Waals surface area contributed by atoms with E-state index in [1.165, 1.54) is 75.7 Å². The predicted octanol–water partition coefficient (Wildman–Crippen LogP) is 4.51. The molecule has 0 atom stereocenters. The molecule has 94 valence electrons. The van der Waals surface area contributed by atoms with Crippen LogP contribution in [0.5, 0.6) is 0 Å². The van der Waals surface area contributed by atoms with Gasteiger partial charge in [0.25, 0.3) is 0 Å². The number of aromatic nitrogens is 2. The van der Waals surface area contributed by atoms with E-state index in [0.717, 1.165) is 11.8 Å². The minimum Gasteiger partial charge on any atom is -0.345 e. The summed E-state index contributed by atoms with van der Waals surface area (Å²) in [4.78, 5) is 8.30. The summed E-state index contributed by atoms with van der Waals surface area (Å²) in [6, 6.07) is 0. The van der Waals surface area contributed by atoms with E-state index in [0.29, 0.717) is 0 Å². The smallest absolute Gasteiger partial charge is 0.109 e. The second kappa shape index (κ2) is 5.24. The highest BCUT2D eigenvalue weighted by atomic mass is 14.9. The number of hydrogen-bond acceptors (Lipinski definition) is 1. The van der Waals surface area contributed by atoms with Crippen molar-refractivity contribution in [3.8, 4) is 0 Å². The lowest BCUT2D eigenvalue weighted by molar-refractivity contribution is 0.423. The SMILES string of the molecule is c1nc(C2CCCCC2)[nH]c1C1CCCCC1. The van der Waals surface area contributed by atoms with E-state index in [4.69, 9.17) is 0 Å². The summed E-state index contributed by atoms with van der Waals surface area (Å²) in [5, 5.41) is 0. The highest BCUT2D eigenvalue weighted by Gasteiger charge is 2.21. The number of nitrogens with one attached hydrogen (secondary N) is 1. The van der Waals surface area contributed by atoms with Gasteiger partial charge in [-0.2, -0.15) is 0 Å². The summed E-state index contributed by atoms with van der Waals surface area (Å²) in [7, 11) is 0. The van der Waals surface area contributed by atoms with Gasteiger partial charge in [0.15, 0.2) is 0 Å². The van der Waals surface area contributed by atoms with Gasteiger partial charge in [-0.3, -0.25) is 0 Å². The van der Waals surface area contributed by atoms with E-state index in [1.54, 1.807) is 0 Å². The molecule has 1 heterocycles. The molecule has 2 fully saturated rings. The number of nitrogens with zero attached hydrogens (tertiary/aromatic N) is 1. The maximum absolute atomic E-state index is 4.66. The second-order valence-electron chi connectivity index (χ2n) is 5.89. The molecular weight excluding hydrogens is 208 g/mol. The van der Waals surface area contributed by atoms with Crippen LogP contribution in [0.1, 0.15) is 87.6 Å². The van der Waals surface area contributed by atoms with Gasteiger partial charge < -0.3 is 4.98 Å². The largest absolute Gasteiger partial charge is 0.345 e. The van der Waals surface area contributed by atoms with Crippen LogP contribution in [0.3, 0.4) is 0 Å². The Bertz CT molecular complexity index is 311. The molecule has 0 aliphatic heterocycles. The molecule has 0 aromatic carbocycles. The van der Waals surface area contributed by atoms with Crippen LogP contribution in [0, 0.1) is 0 Å². The zero-order valence-electron chi connectivity index (χ0n) is 10.8. The Kier molecular flexibility index (Phi) is 3.49. The first-order valence-electron chi connectivity index (χ1n) is 7.48. The van der Waals surface area contributed by atoms with Gasteiger partial charge in [0.05, 0.1) is 0 Å². The average Bonchev–Trinajstić information content (AvgIpc) is 2.90. The summed E-state index contributed by atoms with van der Waals surface area (Å²) in [6.45, 7) is 0. The molecule has 1 aromatic rings. The van der Waals surface area contributed by atoms with Crippen LogP contribution in [0.4, 0.5) is 0 Å². The molecule has 0 amide bonds. The van der Waals surface area contributed by atoms with Gasteiger partial charge in [0, 0.05) is 23.7 Å². The molecule has 2 heteroatoms. The van der Waals surface area contributed by atoms with Crippen LogP contribution >= 0.6 is 0 Å². The minimum atomic E-state index is 0.723. The lowest BCUT2D eigenvalue weighted by atomic mass is 9.87. The molecular formula is C15H24N2. The van der Waals surface area contributed by atoms with Crippen molar-refractivity contribution >= 4 is 0 Å². The van der Waals surface area contributed by atoms with Crippen LogP contribution in [0.15, 0.2) is 6.20 Å². The van der Waals surface area contributed by atoms with E-state index >= 15 is 0 Å². The third-order valence-corrected chi connectivity index (χ3v) is 4.65. The standard InChI is InChI=1S/C15H24N2/c1-3-7-12(8-4-1)14-11-16-15(17-14)13-9-5-2-6-10-13/h11-13H,1-10H2,(H,16,17). The van der Waals surface area contributed by atoms with Crippen LogP contribution in [0.2, 0.25) is 0 Å². The fourth-order valence-corrected chi connectivity index (χ4v) is 3.56. The monoisotopic (exact) mass is 232 g/mol. The third-order valence-electron chi connectivity index (χ3n) is 4.65.